The lowest BCUT2D eigenvalue weighted by Crippen LogP contribution is -2.09. The van der Waals surface area contributed by atoms with Gasteiger partial charge in [-0.3, -0.25) is 0 Å². The van der Waals surface area contributed by atoms with Crippen LogP contribution < -0.4 is 0 Å². The lowest BCUT2D eigenvalue weighted by atomic mass is 9.83. The van der Waals surface area contributed by atoms with Crippen LogP contribution in [0.1, 0.15) is 107 Å². The molecular formula is C31H52. The topological polar surface area (TPSA) is 0 Å². The van der Waals surface area contributed by atoms with Crippen molar-refractivity contribution in [2.75, 3.05) is 0 Å². The smallest absolute Gasteiger partial charge is 0.00330 e. The highest BCUT2D eigenvalue weighted by Gasteiger charge is 2.15. The van der Waals surface area contributed by atoms with Gasteiger partial charge in [-0.25, -0.2) is 0 Å². The zero-order valence-electron chi connectivity index (χ0n) is 22.2. The van der Waals surface area contributed by atoms with Crippen LogP contribution in [0.15, 0.2) is 71.9 Å². The molecule has 0 aromatic heterocycles. The van der Waals surface area contributed by atoms with Gasteiger partial charge in [-0.2, -0.15) is 0 Å². The van der Waals surface area contributed by atoms with E-state index in [1.807, 2.05) is 0 Å². The van der Waals surface area contributed by atoms with Crippen molar-refractivity contribution in [3.8, 4) is 0 Å². The van der Waals surface area contributed by atoms with Crippen molar-refractivity contribution in [1.82, 2.24) is 0 Å². The number of allylic oxidation sites excluding steroid dienone is 10. The molecule has 0 amide bonds. The minimum Gasteiger partial charge on any atom is -0.102 e. The largest absolute Gasteiger partial charge is 0.102 e. The third-order valence-electron chi connectivity index (χ3n) is 6.47. The molecule has 0 saturated carbocycles. The normalized spacial score (nSPS) is 16.6. The van der Waals surface area contributed by atoms with E-state index in [2.05, 4.69) is 105 Å². The fourth-order valence-electron chi connectivity index (χ4n) is 3.44. The first-order valence-electron chi connectivity index (χ1n) is 12.4. The van der Waals surface area contributed by atoms with E-state index in [0.717, 1.165) is 12.8 Å². The van der Waals surface area contributed by atoms with E-state index < -0.39 is 0 Å². The van der Waals surface area contributed by atoms with E-state index in [1.54, 1.807) is 0 Å². The standard InChI is InChI=1S/C31H52/c1-11-31(10,23-14-19-28(7)20-21-30(9)26(4)5)24-22-29(8)18-13-17-27(6)16-12-15-25(2)3/h11,15,17,19,22,24,29-30H,1,4,12-14,16,18,20-21,23H2,2-3,5-10H3. The molecule has 0 nitrogen and oxygen atoms in total. The van der Waals surface area contributed by atoms with Crippen LogP contribution in [-0.4, -0.2) is 0 Å². The maximum atomic E-state index is 4.12. The average Bonchev–Trinajstić information content (AvgIpc) is 2.70. The minimum atomic E-state index is 0.0755. The minimum absolute atomic E-state index is 0.0755. The number of hydrogen-bond donors (Lipinski definition) is 0. The molecule has 31 heavy (non-hydrogen) atoms. The molecule has 0 heteroatoms. The van der Waals surface area contributed by atoms with Crippen LogP contribution in [0.25, 0.3) is 0 Å². The van der Waals surface area contributed by atoms with Gasteiger partial charge >= 0.3 is 0 Å². The summed E-state index contributed by atoms with van der Waals surface area (Å²) in [5, 5.41) is 0. The molecule has 3 unspecified atom stereocenters. The molecule has 0 spiro atoms. The third kappa shape index (κ3) is 15.8. The average molecular weight is 425 g/mol. The first-order valence-corrected chi connectivity index (χ1v) is 12.4. The molecule has 0 saturated heterocycles. The summed E-state index contributed by atoms with van der Waals surface area (Å²) in [7, 11) is 0. The fourth-order valence-corrected chi connectivity index (χ4v) is 3.44. The van der Waals surface area contributed by atoms with Crippen molar-refractivity contribution in [2.24, 2.45) is 17.3 Å². The lowest BCUT2D eigenvalue weighted by Gasteiger charge is -2.22. The van der Waals surface area contributed by atoms with Crippen LogP contribution in [0.5, 0.6) is 0 Å². The molecule has 0 N–H and O–H groups in total. The third-order valence-corrected chi connectivity index (χ3v) is 6.47. The molecule has 0 heterocycles. The maximum absolute atomic E-state index is 4.12. The lowest BCUT2D eigenvalue weighted by molar-refractivity contribution is 0.498. The Labute approximate surface area is 196 Å². The monoisotopic (exact) mass is 424 g/mol. The highest BCUT2D eigenvalue weighted by atomic mass is 14.2. The number of rotatable bonds is 16. The molecular weight excluding hydrogens is 372 g/mol. The van der Waals surface area contributed by atoms with Crippen LogP contribution in [0.3, 0.4) is 0 Å². The van der Waals surface area contributed by atoms with Gasteiger partial charge in [-0.05, 0) is 97.8 Å². The van der Waals surface area contributed by atoms with Gasteiger partial charge in [-0.1, -0.05) is 86.1 Å². The van der Waals surface area contributed by atoms with Crippen LogP contribution in [0, 0.1) is 17.3 Å². The Morgan fingerprint density at radius 2 is 1.45 bits per heavy atom. The second kappa shape index (κ2) is 16.1. The van der Waals surface area contributed by atoms with Crippen LogP contribution in [0.4, 0.5) is 0 Å². The van der Waals surface area contributed by atoms with Gasteiger partial charge in [-0.15, -0.1) is 6.58 Å². The summed E-state index contributed by atoms with van der Waals surface area (Å²) in [6.07, 6.45) is 23.4. The molecule has 0 aliphatic heterocycles. The molecule has 3 atom stereocenters. The summed E-state index contributed by atoms with van der Waals surface area (Å²) in [4.78, 5) is 0. The van der Waals surface area contributed by atoms with Crippen molar-refractivity contribution < 1.29 is 0 Å². The summed E-state index contributed by atoms with van der Waals surface area (Å²) in [5.74, 6) is 1.21. The predicted octanol–water partition coefficient (Wildman–Crippen LogP) is 10.6. The van der Waals surface area contributed by atoms with Gasteiger partial charge in [0.25, 0.3) is 0 Å². The van der Waals surface area contributed by atoms with Crippen molar-refractivity contribution in [1.29, 1.82) is 0 Å². The Kier molecular flexibility index (Phi) is 15.3. The van der Waals surface area contributed by atoms with Crippen molar-refractivity contribution in [2.45, 2.75) is 107 Å². The van der Waals surface area contributed by atoms with Gasteiger partial charge in [0.1, 0.15) is 0 Å². The Morgan fingerprint density at radius 1 is 0.839 bits per heavy atom. The van der Waals surface area contributed by atoms with Crippen molar-refractivity contribution >= 4 is 0 Å². The Hall–Kier alpha value is -1.56. The van der Waals surface area contributed by atoms with Crippen LogP contribution in [0.2, 0.25) is 0 Å². The van der Waals surface area contributed by atoms with Gasteiger partial charge in [0, 0.05) is 5.41 Å². The van der Waals surface area contributed by atoms with Crippen LogP contribution in [-0.2, 0) is 0 Å². The van der Waals surface area contributed by atoms with E-state index in [0.29, 0.717) is 11.8 Å². The fraction of sp³-hybridized carbons (Fsp3) is 0.613. The molecule has 0 aromatic carbocycles. The van der Waals surface area contributed by atoms with Gasteiger partial charge in [0.15, 0.2) is 0 Å². The number of hydrogen-bond acceptors (Lipinski definition) is 0. The molecule has 0 bridgehead atoms. The zero-order chi connectivity index (χ0) is 23.9. The summed E-state index contributed by atoms with van der Waals surface area (Å²) < 4.78 is 0. The summed E-state index contributed by atoms with van der Waals surface area (Å²) in [5.41, 5.74) is 5.81. The molecule has 0 fully saturated rings. The Balaban J connectivity index is 4.47. The predicted molar refractivity (Wildman–Crippen MR) is 144 cm³/mol. The van der Waals surface area contributed by atoms with Crippen LogP contribution >= 0.6 is 0 Å². The van der Waals surface area contributed by atoms with E-state index in [4.69, 9.17) is 0 Å². The van der Waals surface area contributed by atoms with Crippen molar-refractivity contribution in [3.05, 3.63) is 71.9 Å². The van der Waals surface area contributed by atoms with Crippen molar-refractivity contribution in [3.63, 3.8) is 0 Å². The Bertz CT molecular complexity index is 648. The van der Waals surface area contributed by atoms with Gasteiger partial charge in [0.2, 0.25) is 0 Å². The molecule has 0 rings (SSSR count). The van der Waals surface area contributed by atoms with Gasteiger partial charge in [0.05, 0.1) is 0 Å². The first-order chi connectivity index (χ1) is 14.5. The quantitative estimate of drug-likeness (QED) is 0.216. The summed E-state index contributed by atoms with van der Waals surface area (Å²) in [6, 6.07) is 0. The molecule has 0 aromatic rings. The van der Waals surface area contributed by atoms with E-state index in [-0.39, 0.29) is 5.41 Å². The molecule has 176 valence electrons. The van der Waals surface area contributed by atoms with E-state index in [9.17, 15) is 0 Å². The highest BCUT2D eigenvalue weighted by molar-refractivity contribution is 5.10. The molecule has 0 aliphatic carbocycles. The Morgan fingerprint density at radius 3 is 2.03 bits per heavy atom. The second-order valence-electron chi connectivity index (χ2n) is 10.4. The highest BCUT2D eigenvalue weighted by Crippen LogP contribution is 2.29. The molecule has 0 radical (unpaired) electrons. The zero-order valence-corrected chi connectivity index (χ0v) is 22.2. The second-order valence-corrected chi connectivity index (χ2v) is 10.4. The maximum Gasteiger partial charge on any atom is 0.00330 e. The van der Waals surface area contributed by atoms with E-state index >= 15 is 0 Å². The van der Waals surface area contributed by atoms with Gasteiger partial charge < -0.3 is 0 Å². The summed E-state index contributed by atoms with van der Waals surface area (Å²) >= 11 is 0. The first kappa shape index (κ1) is 29.4. The SMILES string of the molecule is C=CC(C)(C=CC(C)CCC=C(C)CCC=C(C)C)CCC=C(C)CCC(C)C(=C)C. The summed E-state index contributed by atoms with van der Waals surface area (Å²) in [6.45, 7) is 26.1. The molecule has 0 aliphatic rings. The van der Waals surface area contributed by atoms with E-state index in [1.165, 1.54) is 60.8 Å².